The molecule has 108 valence electrons. The van der Waals surface area contributed by atoms with Crippen LogP contribution in [0.5, 0.6) is 0 Å². The normalized spacial score (nSPS) is 11.1. The van der Waals surface area contributed by atoms with E-state index in [4.69, 9.17) is 5.73 Å². The van der Waals surface area contributed by atoms with Crippen molar-refractivity contribution in [2.75, 3.05) is 5.73 Å². The molecule has 0 unspecified atom stereocenters. The standard InChI is InChI=1S/C16H19N5/c1-2-3-7-10-21-13-14(17)18-11-19-15(13)20-16(21)12-8-5-4-6-9-12/h4-6,8-9,11H,2-3,7,10H2,1H3,(H2,17,18,19). The van der Waals surface area contributed by atoms with Crippen molar-refractivity contribution in [1.29, 1.82) is 0 Å². The lowest BCUT2D eigenvalue weighted by Gasteiger charge is -2.09. The minimum Gasteiger partial charge on any atom is -0.382 e. The quantitative estimate of drug-likeness (QED) is 0.729. The van der Waals surface area contributed by atoms with Gasteiger partial charge in [-0.25, -0.2) is 15.0 Å². The topological polar surface area (TPSA) is 69.6 Å². The van der Waals surface area contributed by atoms with Gasteiger partial charge in [-0.15, -0.1) is 0 Å². The van der Waals surface area contributed by atoms with Gasteiger partial charge in [-0.1, -0.05) is 50.1 Å². The van der Waals surface area contributed by atoms with Gasteiger partial charge in [0.1, 0.15) is 17.7 Å². The molecule has 0 aliphatic rings. The van der Waals surface area contributed by atoms with Gasteiger partial charge >= 0.3 is 0 Å². The predicted octanol–water partition coefficient (Wildman–Crippen LogP) is 3.27. The van der Waals surface area contributed by atoms with Crippen molar-refractivity contribution in [3.63, 3.8) is 0 Å². The van der Waals surface area contributed by atoms with Crippen LogP contribution in [0.1, 0.15) is 26.2 Å². The smallest absolute Gasteiger partial charge is 0.183 e. The second-order valence-electron chi connectivity index (χ2n) is 5.09. The molecule has 0 saturated heterocycles. The molecule has 0 amide bonds. The first-order chi connectivity index (χ1) is 10.3. The van der Waals surface area contributed by atoms with Gasteiger partial charge < -0.3 is 10.3 Å². The number of aryl methyl sites for hydroxylation is 1. The second-order valence-corrected chi connectivity index (χ2v) is 5.09. The summed E-state index contributed by atoms with van der Waals surface area (Å²) in [5.41, 5.74) is 8.62. The lowest BCUT2D eigenvalue weighted by atomic mass is 10.2. The average Bonchev–Trinajstić information content (AvgIpc) is 2.89. The third kappa shape index (κ3) is 2.59. The molecule has 0 radical (unpaired) electrons. The molecule has 0 fully saturated rings. The fourth-order valence-corrected chi connectivity index (χ4v) is 2.54. The van der Waals surface area contributed by atoms with E-state index in [1.807, 2.05) is 18.2 Å². The fraction of sp³-hybridized carbons (Fsp3) is 0.312. The van der Waals surface area contributed by atoms with Gasteiger partial charge in [0, 0.05) is 12.1 Å². The summed E-state index contributed by atoms with van der Waals surface area (Å²) in [6.45, 7) is 3.08. The van der Waals surface area contributed by atoms with Crippen LogP contribution in [0.4, 0.5) is 5.82 Å². The number of hydrogen-bond acceptors (Lipinski definition) is 4. The summed E-state index contributed by atoms with van der Waals surface area (Å²) in [5.74, 6) is 1.40. The van der Waals surface area contributed by atoms with Crippen LogP contribution < -0.4 is 5.73 Å². The van der Waals surface area contributed by atoms with Crippen LogP contribution in [0.15, 0.2) is 36.7 Å². The summed E-state index contributed by atoms with van der Waals surface area (Å²) in [7, 11) is 0. The Morgan fingerprint density at radius 1 is 1.10 bits per heavy atom. The second kappa shape index (κ2) is 5.91. The van der Waals surface area contributed by atoms with E-state index < -0.39 is 0 Å². The predicted molar refractivity (Wildman–Crippen MR) is 84.7 cm³/mol. The van der Waals surface area contributed by atoms with E-state index in [9.17, 15) is 0 Å². The van der Waals surface area contributed by atoms with Crippen LogP contribution in [-0.2, 0) is 6.54 Å². The van der Waals surface area contributed by atoms with Crippen molar-refractivity contribution >= 4 is 17.0 Å². The van der Waals surface area contributed by atoms with E-state index in [1.54, 1.807) is 0 Å². The highest BCUT2D eigenvalue weighted by atomic mass is 15.1. The maximum Gasteiger partial charge on any atom is 0.183 e. The van der Waals surface area contributed by atoms with Gasteiger partial charge in [0.2, 0.25) is 0 Å². The first-order valence-corrected chi connectivity index (χ1v) is 7.33. The molecule has 0 aliphatic carbocycles. The number of nitrogen functional groups attached to an aromatic ring is 1. The van der Waals surface area contributed by atoms with Crippen LogP contribution >= 0.6 is 0 Å². The molecule has 2 heterocycles. The third-order valence-electron chi connectivity index (χ3n) is 3.59. The number of anilines is 1. The van der Waals surface area contributed by atoms with Gasteiger partial charge in [-0.3, -0.25) is 0 Å². The molecule has 0 atom stereocenters. The number of fused-ring (bicyclic) bond motifs is 1. The van der Waals surface area contributed by atoms with Crippen LogP contribution in [0.2, 0.25) is 0 Å². The Labute approximate surface area is 123 Å². The average molecular weight is 281 g/mol. The molecule has 5 nitrogen and oxygen atoms in total. The number of benzene rings is 1. The minimum atomic E-state index is 0.492. The van der Waals surface area contributed by atoms with E-state index >= 15 is 0 Å². The Balaban J connectivity index is 2.14. The lowest BCUT2D eigenvalue weighted by Crippen LogP contribution is -2.03. The van der Waals surface area contributed by atoms with Gasteiger partial charge in [-0.05, 0) is 6.42 Å². The number of nitrogens with two attached hydrogens (primary N) is 1. The van der Waals surface area contributed by atoms with Crippen molar-refractivity contribution in [1.82, 2.24) is 19.5 Å². The number of imidazole rings is 1. The molecule has 21 heavy (non-hydrogen) atoms. The molecule has 2 N–H and O–H groups in total. The van der Waals surface area contributed by atoms with Crippen LogP contribution in [0.25, 0.3) is 22.6 Å². The Bertz CT molecular complexity index is 733. The summed E-state index contributed by atoms with van der Waals surface area (Å²) in [6.07, 6.45) is 4.92. The SMILES string of the molecule is CCCCCn1c(-c2ccccc2)nc2ncnc(N)c21. The van der Waals surface area contributed by atoms with Crippen molar-refractivity contribution in [2.45, 2.75) is 32.7 Å². The highest BCUT2D eigenvalue weighted by Gasteiger charge is 2.15. The first-order valence-electron chi connectivity index (χ1n) is 7.33. The number of unbranched alkanes of at least 4 members (excludes halogenated alkanes) is 2. The number of aromatic nitrogens is 4. The van der Waals surface area contributed by atoms with E-state index in [-0.39, 0.29) is 0 Å². The van der Waals surface area contributed by atoms with Crippen molar-refractivity contribution in [2.24, 2.45) is 0 Å². The van der Waals surface area contributed by atoms with Gasteiger partial charge in [0.25, 0.3) is 0 Å². The Morgan fingerprint density at radius 2 is 1.90 bits per heavy atom. The molecule has 3 aromatic rings. The van der Waals surface area contributed by atoms with E-state index in [2.05, 4.69) is 38.6 Å². The minimum absolute atomic E-state index is 0.492. The molecule has 0 bridgehead atoms. The molecule has 0 saturated carbocycles. The van der Waals surface area contributed by atoms with Gasteiger partial charge in [-0.2, -0.15) is 0 Å². The Hall–Kier alpha value is -2.43. The van der Waals surface area contributed by atoms with E-state index in [1.165, 1.54) is 19.2 Å². The highest BCUT2D eigenvalue weighted by Crippen LogP contribution is 2.26. The van der Waals surface area contributed by atoms with Crippen LogP contribution in [0, 0.1) is 0 Å². The maximum atomic E-state index is 6.04. The van der Waals surface area contributed by atoms with Crippen molar-refractivity contribution in [3.8, 4) is 11.4 Å². The molecule has 5 heteroatoms. The summed E-state index contributed by atoms with van der Waals surface area (Å²) in [6, 6.07) is 10.1. The van der Waals surface area contributed by atoms with Crippen LogP contribution in [-0.4, -0.2) is 19.5 Å². The zero-order chi connectivity index (χ0) is 14.7. The molecule has 3 rings (SSSR count). The zero-order valence-corrected chi connectivity index (χ0v) is 12.2. The number of nitrogens with zero attached hydrogens (tertiary/aromatic N) is 4. The highest BCUT2D eigenvalue weighted by molar-refractivity contribution is 5.85. The van der Waals surface area contributed by atoms with E-state index in [0.29, 0.717) is 11.5 Å². The van der Waals surface area contributed by atoms with Gasteiger partial charge in [0.05, 0.1) is 0 Å². The summed E-state index contributed by atoms with van der Waals surface area (Å²) in [5, 5.41) is 0. The van der Waals surface area contributed by atoms with Crippen molar-refractivity contribution in [3.05, 3.63) is 36.7 Å². The molecule has 0 aliphatic heterocycles. The number of hydrogen-bond donors (Lipinski definition) is 1. The Morgan fingerprint density at radius 3 is 2.67 bits per heavy atom. The first kappa shape index (κ1) is 13.5. The Kier molecular flexibility index (Phi) is 3.81. The lowest BCUT2D eigenvalue weighted by molar-refractivity contribution is 0.617. The molecule has 2 aromatic heterocycles. The molecular weight excluding hydrogens is 262 g/mol. The van der Waals surface area contributed by atoms with Crippen molar-refractivity contribution < 1.29 is 0 Å². The molecular formula is C16H19N5. The summed E-state index contributed by atoms with van der Waals surface area (Å²) < 4.78 is 2.15. The molecule has 1 aromatic carbocycles. The van der Waals surface area contributed by atoms with Gasteiger partial charge in [0.15, 0.2) is 11.5 Å². The monoisotopic (exact) mass is 281 g/mol. The third-order valence-corrected chi connectivity index (χ3v) is 3.59. The van der Waals surface area contributed by atoms with E-state index in [0.717, 1.165) is 29.9 Å². The maximum absolute atomic E-state index is 6.04. The zero-order valence-electron chi connectivity index (χ0n) is 12.2. The van der Waals surface area contributed by atoms with Crippen LogP contribution in [0.3, 0.4) is 0 Å². The largest absolute Gasteiger partial charge is 0.382 e. The number of rotatable bonds is 5. The summed E-state index contributed by atoms with van der Waals surface area (Å²) >= 11 is 0. The summed E-state index contributed by atoms with van der Waals surface area (Å²) in [4.78, 5) is 13.0. The fourth-order valence-electron chi connectivity index (χ4n) is 2.54. The molecule has 0 spiro atoms.